The Balaban J connectivity index is 2.12. The number of carbonyl (C=O) groups excluding carboxylic acids is 1. The Kier molecular flexibility index (Phi) is 5.20. The first-order valence-electron chi connectivity index (χ1n) is 8.57. The van der Waals surface area contributed by atoms with E-state index in [0.717, 1.165) is 0 Å². The molecule has 1 aromatic rings. The largest absolute Gasteiger partial charge is 0.497 e. The summed E-state index contributed by atoms with van der Waals surface area (Å²) >= 11 is 1.34. The molecule has 0 radical (unpaired) electrons. The number of carbonyl (C=O) groups is 1. The van der Waals surface area contributed by atoms with Gasteiger partial charge in [-0.2, -0.15) is 4.99 Å². The van der Waals surface area contributed by atoms with Gasteiger partial charge in [-0.25, -0.2) is 8.42 Å². The first-order chi connectivity index (χ1) is 12.6. The van der Waals surface area contributed by atoms with Crippen LogP contribution in [0.5, 0.6) is 11.5 Å². The zero-order chi connectivity index (χ0) is 20.0. The van der Waals surface area contributed by atoms with Gasteiger partial charge in [0.2, 0.25) is 0 Å². The molecule has 1 aromatic carbocycles. The van der Waals surface area contributed by atoms with E-state index in [1.807, 2.05) is 4.90 Å². The normalized spacial score (nSPS) is 25.5. The molecule has 0 bridgehead atoms. The number of fused-ring (bicyclic) bond motifs is 1. The van der Waals surface area contributed by atoms with Crippen molar-refractivity contribution >= 4 is 38.4 Å². The fourth-order valence-corrected chi connectivity index (χ4v) is 6.99. The van der Waals surface area contributed by atoms with Crippen molar-refractivity contribution in [2.75, 3.05) is 30.6 Å². The summed E-state index contributed by atoms with van der Waals surface area (Å²) in [4.78, 5) is 18.7. The van der Waals surface area contributed by atoms with E-state index in [1.165, 1.54) is 11.8 Å². The Morgan fingerprint density at radius 2 is 1.93 bits per heavy atom. The summed E-state index contributed by atoms with van der Waals surface area (Å²) in [5.74, 6) is 1.03. The molecule has 2 saturated heterocycles. The Morgan fingerprint density at radius 3 is 2.52 bits per heavy atom. The van der Waals surface area contributed by atoms with Crippen LogP contribution in [0.1, 0.15) is 20.8 Å². The van der Waals surface area contributed by atoms with E-state index in [2.05, 4.69) is 4.99 Å². The average Bonchev–Trinajstić information content (AvgIpc) is 3.04. The summed E-state index contributed by atoms with van der Waals surface area (Å²) in [6.45, 7) is 5.42. The summed E-state index contributed by atoms with van der Waals surface area (Å²) in [6.07, 6.45) is 0. The van der Waals surface area contributed by atoms with Gasteiger partial charge in [0.25, 0.3) is 5.91 Å². The lowest BCUT2D eigenvalue weighted by molar-refractivity contribution is -0.124. The van der Waals surface area contributed by atoms with E-state index in [1.54, 1.807) is 53.2 Å². The van der Waals surface area contributed by atoms with Gasteiger partial charge in [-0.05, 0) is 12.1 Å². The Hall–Kier alpha value is -1.74. The minimum atomic E-state index is -3.14. The van der Waals surface area contributed by atoms with Gasteiger partial charge in [-0.3, -0.25) is 4.79 Å². The molecular weight excluding hydrogens is 388 g/mol. The standard InChI is InChI=1S/C18H24N2O5S2/c1-18(2,3)16(21)19-17-20(13-9-27(22,23)10-15(13)26-17)12-8-11(24-4)6-7-14(12)25-5/h6-8,13,15H,9-10H2,1-5H3/t13-,15-/m1/s1. The highest BCUT2D eigenvalue weighted by molar-refractivity contribution is 8.16. The zero-order valence-electron chi connectivity index (χ0n) is 16.1. The fraction of sp³-hybridized carbons (Fsp3) is 0.556. The number of amides is 1. The molecule has 1 amide bonds. The van der Waals surface area contributed by atoms with Gasteiger partial charge in [0.05, 0.1) is 37.5 Å². The first-order valence-corrected chi connectivity index (χ1v) is 11.3. The van der Waals surface area contributed by atoms with Crippen LogP contribution in [0.2, 0.25) is 0 Å². The second kappa shape index (κ2) is 7.01. The molecule has 7 nitrogen and oxygen atoms in total. The molecule has 0 N–H and O–H groups in total. The third-order valence-corrected chi connectivity index (χ3v) is 7.76. The lowest BCUT2D eigenvalue weighted by Gasteiger charge is -2.27. The third kappa shape index (κ3) is 3.94. The molecule has 0 aliphatic carbocycles. The average molecular weight is 413 g/mol. The smallest absolute Gasteiger partial charge is 0.253 e. The highest BCUT2D eigenvalue weighted by Crippen LogP contribution is 2.45. The molecule has 0 saturated carbocycles. The maximum absolute atomic E-state index is 12.5. The fourth-order valence-electron chi connectivity index (χ4n) is 3.09. The number of amidine groups is 1. The number of hydrogen-bond donors (Lipinski definition) is 0. The lowest BCUT2D eigenvalue weighted by Crippen LogP contribution is -2.38. The van der Waals surface area contributed by atoms with E-state index in [-0.39, 0.29) is 28.7 Å². The molecule has 9 heteroatoms. The highest BCUT2D eigenvalue weighted by atomic mass is 32.2. The van der Waals surface area contributed by atoms with Crippen LogP contribution in [0.15, 0.2) is 23.2 Å². The number of nitrogens with zero attached hydrogens (tertiary/aromatic N) is 2. The van der Waals surface area contributed by atoms with Gasteiger partial charge in [0, 0.05) is 16.7 Å². The van der Waals surface area contributed by atoms with Gasteiger partial charge in [0.1, 0.15) is 11.5 Å². The number of benzene rings is 1. The molecule has 148 valence electrons. The number of aliphatic imine (C=N–C) groups is 1. The second-order valence-corrected chi connectivity index (χ2v) is 11.0. The molecule has 2 fully saturated rings. The number of anilines is 1. The second-order valence-electron chi connectivity index (χ2n) is 7.66. The van der Waals surface area contributed by atoms with Gasteiger partial charge >= 0.3 is 0 Å². The SMILES string of the molecule is COc1ccc(OC)c(N2C(=NC(=O)C(C)(C)C)S[C@@H]3CS(=O)(=O)C[C@H]32)c1. The quantitative estimate of drug-likeness (QED) is 0.753. The molecule has 0 aromatic heterocycles. The minimum Gasteiger partial charge on any atom is -0.497 e. The Bertz CT molecular complexity index is 890. The van der Waals surface area contributed by atoms with Crippen molar-refractivity contribution in [2.24, 2.45) is 10.4 Å². The predicted molar refractivity (Wildman–Crippen MR) is 108 cm³/mol. The minimum absolute atomic E-state index is 0.0216. The van der Waals surface area contributed by atoms with Crippen molar-refractivity contribution in [1.82, 2.24) is 0 Å². The van der Waals surface area contributed by atoms with E-state index in [0.29, 0.717) is 22.4 Å². The summed E-state index contributed by atoms with van der Waals surface area (Å²) in [7, 11) is -0.0256. The van der Waals surface area contributed by atoms with Crippen LogP contribution < -0.4 is 14.4 Å². The molecule has 2 atom stereocenters. The maximum Gasteiger partial charge on any atom is 0.253 e. The van der Waals surface area contributed by atoms with Crippen LogP contribution in [0.3, 0.4) is 0 Å². The molecule has 27 heavy (non-hydrogen) atoms. The lowest BCUT2D eigenvalue weighted by atomic mass is 9.96. The first kappa shape index (κ1) is 20.0. The van der Waals surface area contributed by atoms with Crippen LogP contribution in [0, 0.1) is 5.41 Å². The van der Waals surface area contributed by atoms with Crippen molar-refractivity contribution in [2.45, 2.75) is 32.1 Å². The molecule has 2 heterocycles. The topological polar surface area (TPSA) is 85.3 Å². The van der Waals surface area contributed by atoms with Crippen LogP contribution in [-0.4, -0.2) is 56.5 Å². The van der Waals surface area contributed by atoms with Crippen molar-refractivity contribution in [3.63, 3.8) is 0 Å². The van der Waals surface area contributed by atoms with E-state index < -0.39 is 15.3 Å². The molecule has 0 spiro atoms. The van der Waals surface area contributed by atoms with Crippen molar-refractivity contribution in [3.8, 4) is 11.5 Å². The number of hydrogen-bond acceptors (Lipinski definition) is 6. The van der Waals surface area contributed by atoms with Crippen LogP contribution in [0.4, 0.5) is 5.69 Å². The van der Waals surface area contributed by atoms with Gasteiger partial charge in [0.15, 0.2) is 15.0 Å². The highest BCUT2D eigenvalue weighted by Gasteiger charge is 2.50. The number of thioether (sulfide) groups is 1. The van der Waals surface area contributed by atoms with Gasteiger partial charge in [-0.1, -0.05) is 32.5 Å². The Labute approximate surface area is 164 Å². The summed E-state index contributed by atoms with van der Waals surface area (Å²) in [5, 5.41) is 0.337. The number of rotatable bonds is 3. The number of ether oxygens (including phenoxy) is 2. The molecule has 2 aliphatic heterocycles. The third-order valence-electron chi connectivity index (χ3n) is 4.55. The summed E-state index contributed by atoms with van der Waals surface area (Å²) in [5.41, 5.74) is 0.0241. The molecule has 3 rings (SSSR count). The van der Waals surface area contributed by atoms with Crippen LogP contribution in [0.25, 0.3) is 0 Å². The van der Waals surface area contributed by atoms with Crippen LogP contribution in [-0.2, 0) is 14.6 Å². The van der Waals surface area contributed by atoms with Crippen molar-refractivity contribution < 1.29 is 22.7 Å². The van der Waals surface area contributed by atoms with E-state index in [9.17, 15) is 13.2 Å². The maximum atomic E-state index is 12.5. The molecule has 2 aliphatic rings. The number of sulfone groups is 1. The van der Waals surface area contributed by atoms with Crippen molar-refractivity contribution in [1.29, 1.82) is 0 Å². The zero-order valence-corrected chi connectivity index (χ0v) is 17.7. The Morgan fingerprint density at radius 1 is 1.22 bits per heavy atom. The van der Waals surface area contributed by atoms with Crippen molar-refractivity contribution in [3.05, 3.63) is 18.2 Å². The summed E-state index contributed by atoms with van der Waals surface area (Å²) in [6, 6.07) is 5.02. The number of methoxy groups -OCH3 is 2. The van der Waals surface area contributed by atoms with E-state index >= 15 is 0 Å². The summed E-state index contributed by atoms with van der Waals surface area (Å²) < 4.78 is 35.2. The molecular formula is C18H24N2O5S2. The van der Waals surface area contributed by atoms with E-state index in [4.69, 9.17) is 9.47 Å². The van der Waals surface area contributed by atoms with Gasteiger partial charge in [-0.15, -0.1) is 0 Å². The monoisotopic (exact) mass is 412 g/mol. The molecule has 0 unspecified atom stereocenters. The van der Waals surface area contributed by atoms with Crippen LogP contribution >= 0.6 is 11.8 Å². The van der Waals surface area contributed by atoms with Gasteiger partial charge < -0.3 is 14.4 Å². The predicted octanol–water partition coefficient (Wildman–Crippen LogP) is 2.35.